The Balaban J connectivity index is 1.36. The third-order valence-corrected chi connectivity index (χ3v) is 68.6. The Labute approximate surface area is 802 Å². The topological polar surface area (TPSA) is 466 Å². The summed E-state index contributed by atoms with van der Waals surface area (Å²) >= 11 is 0. The van der Waals surface area contributed by atoms with E-state index < -0.39 is 322 Å². The molecule has 784 valence electrons. The average molecular weight is 2050 g/mol. The van der Waals surface area contributed by atoms with Crippen molar-refractivity contribution in [3.63, 3.8) is 0 Å². The molecule has 35 atom stereocenters. The second-order valence-electron chi connectivity index (χ2n) is 50.7. The molecule has 43 heteroatoms. The second-order valence-corrected chi connectivity index (χ2v) is 89.1. The molecule has 0 aromatic heterocycles. The Morgan fingerprint density at radius 3 is 0.421 bits per heavy atom. The maximum atomic E-state index is 13.8. The van der Waals surface area contributed by atoms with E-state index in [2.05, 4.69) is 0 Å². The zero-order chi connectivity index (χ0) is 102. The minimum atomic E-state index is -3.18. The molecule has 0 aliphatic carbocycles. The molecular weight excluding hydrogens is 1870 g/mol. The van der Waals surface area contributed by atoms with E-state index in [1.54, 1.807) is 0 Å². The molecule has 133 heavy (non-hydrogen) atoms. The van der Waals surface area contributed by atoms with Gasteiger partial charge in [0.05, 0.1) is 46.2 Å². The summed E-state index contributed by atoms with van der Waals surface area (Å²) in [7, 11) is -23.0. The molecule has 14 bridgehead atoms. The Morgan fingerprint density at radius 1 is 0.165 bits per heavy atom. The van der Waals surface area contributed by atoms with Gasteiger partial charge in [-0.05, 0) is 145 Å². The van der Waals surface area contributed by atoms with Crippen molar-refractivity contribution in [2.24, 2.45) is 0 Å². The number of aliphatic hydroxyl groups is 13. The van der Waals surface area contributed by atoms with Crippen LogP contribution in [0, 0.1) is 0 Å². The van der Waals surface area contributed by atoms with E-state index in [-0.39, 0.29) is 46.2 Å². The van der Waals surface area contributed by atoms with E-state index in [0.717, 1.165) is 0 Å². The molecule has 35 nitrogen and oxygen atoms in total. The van der Waals surface area contributed by atoms with Gasteiger partial charge in [0.1, 0.15) is 171 Å². The van der Waals surface area contributed by atoms with Crippen LogP contribution in [0.5, 0.6) is 0 Å². The predicted molar refractivity (Wildman–Crippen MR) is 517 cm³/mol. The van der Waals surface area contributed by atoms with E-state index in [9.17, 15) is 66.4 Å². The van der Waals surface area contributed by atoms with Gasteiger partial charge in [0, 0.05) is 0 Å². The molecule has 0 aromatic carbocycles. The van der Waals surface area contributed by atoms with Crippen molar-refractivity contribution in [2.45, 2.75) is 526 Å². The zero-order valence-electron chi connectivity index (χ0n) is 88.0. The van der Waals surface area contributed by atoms with E-state index in [1.807, 2.05) is 271 Å². The summed E-state index contributed by atoms with van der Waals surface area (Å²) in [5.41, 5.74) is 0. The number of rotatable bonds is 23. The smallest absolute Gasteiger partial charge is 0.192 e. The van der Waals surface area contributed by atoms with Crippen molar-refractivity contribution in [1.82, 2.24) is 0 Å². The minimum Gasteiger partial charge on any atom is -0.414 e. The maximum absolute atomic E-state index is 13.8. The Bertz CT molecular complexity index is 3610. The highest BCUT2D eigenvalue weighted by Gasteiger charge is 2.64. The first kappa shape index (κ1) is 119. The first-order chi connectivity index (χ1) is 59.9. The van der Waals surface area contributed by atoms with Crippen LogP contribution >= 0.6 is 0 Å². The van der Waals surface area contributed by atoms with Crippen LogP contribution in [0.2, 0.25) is 145 Å². The number of hydrogen-bond donors (Lipinski definition) is 13. The van der Waals surface area contributed by atoms with E-state index in [4.69, 9.17) is 102 Å². The molecule has 0 radical (unpaired) electrons. The third kappa shape index (κ3) is 27.2. The monoisotopic (exact) mass is 2050 g/mol. The highest BCUT2D eigenvalue weighted by molar-refractivity contribution is 6.77. The molecule has 21 aliphatic rings. The molecule has 21 saturated heterocycles. The highest BCUT2D eigenvalue weighted by atomic mass is 28.4. The summed E-state index contributed by atoms with van der Waals surface area (Å²) in [6, 6.07) is 0. The lowest BCUT2D eigenvalue weighted by molar-refractivity contribution is -0.396. The molecular formula is C90H182O35Si8. The normalized spacial score (nSPS) is 39.3. The van der Waals surface area contributed by atoms with Crippen LogP contribution < -0.4 is 0 Å². The Morgan fingerprint density at radius 2 is 0.286 bits per heavy atom. The SMILES string of the molecule is CC(C)(C)[Si](C)(C)OC[C@@H]1O[C@@H]2O[C@H]3[C@H](O)[C@@H](O[Si](C)(C)C(C)(C)C)[C@@H](O[C@H]4[C@@H](O)[C@@H](O)[C@@H](O[C@H]5[C@@H](O)[C@@H](O)[C@@H](O[C@H]6[C@@H](O)[C@H](O)[C@@H](O[C@H]7[C@H](O)[C@@H](O)[C@@H](O[C@H]8[C@H](O)[C@@H](O)[C@@H](O[C@H]1[C@H](O)[C@H]2O)O[C@H]8CO[Si](C)(C)C(C)(C)C)O[C@@H]7CO[Si](C)(C)C(C)(C)C)O[C@@H]6CO[Si](C)(C)C(C)(C)C)O[C@@H]5CO[Si](C)(C)C(C)(C)C)O[C@@H]4CO[Si](C)(C)C(C)(C)C)O[C@H]3CO[Si](C)(C)C(C)(C)C. The van der Waals surface area contributed by atoms with Crippen molar-refractivity contribution >= 4 is 66.5 Å². The predicted octanol–water partition coefficient (Wildman–Crippen LogP) is 9.01. The fourth-order valence-corrected chi connectivity index (χ4v) is 22.9. The lowest BCUT2D eigenvalue weighted by Gasteiger charge is -2.53. The van der Waals surface area contributed by atoms with Crippen LogP contribution in [0.1, 0.15) is 166 Å². The number of hydrogen-bond acceptors (Lipinski definition) is 35. The molecule has 0 saturated carbocycles. The first-order valence-electron chi connectivity index (χ1n) is 48.0. The Hall–Kier alpha value is 0.335. The summed E-state index contributed by atoms with van der Waals surface area (Å²) in [5.74, 6) is 0. The van der Waals surface area contributed by atoms with Crippen molar-refractivity contribution in [3.05, 3.63) is 0 Å². The van der Waals surface area contributed by atoms with Crippen LogP contribution in [0.25, 0.3) is 0 Å². The molecule has 21 aliphatic heterocycles. The van der Waals surface area contributed by atoms with Gasteiger partial charge in [-0.2, -0.15) is 0 Å². The second kappa shape index (κ2) is 43.0. The van der Waals surface area contributed by atoms with Crippen LogP contribution in [0.15, 0.2) is 0 Å². The largest absolute Gasteiger partial charge is 0.414 e. The van der Waals surface area contributed by atoms with Gasteiger partial charge in [-0.15, -0.1) is 0 Å². The van der Waals surface area contributed by atoms with E-state index in [0.29, 0.717) is 0 Å². The van der Waals surface area contributed by atoms with Crippen molar-refractivity contribution in [3.8, 4) is 0 Å². The summed E-state index contributed by atoms with van der Waals surface area (Å²) in [4.78, 5) is 0. The van der Waals surface area contributed by atoms with Gasteiger partial charge >= 0.3 is 0 Å². The number of aliphatic hydroxyl groups excluding tert-OH is 13. The molecule has 21 heterocycles. The molecule has 13 N–H and O–H groups in total. The van der Waals surface area contributed by atoms with Crippen molar-refractivity contribution < 1.29 is 168 Å². The zero-order valence-corrected chi connectivity index (χ0v) is 96.0. The van der Waals surface area contributed by atoms with Gasteiger partial charge < -0.3 is 168 Å². The molecule has 0 spiro atoms. The van der Waals surface area contributed by atoms with Crippen molar-refractivity contribution in [1.29, 1.82) is 0 Å². The third-order valence-electron chi connectivity index (χ3n) is 32.6. The summed E-state index contributed by atoms with van der Waals surface area (Å²) in [6.07, 6.45) is -63.5. The van der Waals surface area contributed by atoms with Crippen LogP contribution in [-0.4, -0.2) is 394 Å². The molecule has 0 amide bonds. The average Bonchev–Trinajstić information content (AvgIpc) is 0.851. The van der Waals surface area contributed by atoms with E-state index in [1.165, 1.54) is 0 Å². The van der Waals surface area contributed by atoms with Crippen LogP contribution in [0.4, 0.5) is 0 Å². The van der Waals surface area contributed by atoms with Gasteiger partial charge in [-0.25, -0.2) is 0 Å². The quantitative estimate of drug-likeness (QED) is 0.0424. The summed E-state index contributed by atoms with van der Waals surface area (Å²) < 4.78 is 152. The maximum Gasteiger partial charge on any atom is 0.192 e. The summed E-state index contributed by atoms with van der Waals surface area (Å²) in [6.45, 7) is 77.8. The van der Waals surface area contributed by atoms with Crippen molar-refractivity contribution in [2.75, 3.05) is 46.2 Å². The highest BCUT2D eigenvalue weighted by Crippen LogP contribution is 2.50. The van der Waals surface area contributed by atoms with Gasteiger partial charge in [0.2, 0.25) is 0 Å². The molecule has 0 aromatic rings. The number of ether oxygens (including phenoxy) is 14. The minimum absolute atomic E-state index is 0.314. The van der Waals surface area contributed by atoms with Crippen LogP contribution in [0.3, 0.4) is 0 Å². The standard InChI is InChI=1S/C90H182O35Si8/c1-83(2,3)126(25,26)104-41-48-68-55(91)61(97)77(111-48)119-70-50(43-106-128(29,30)85(7,8)9)113-79(63(99)57(70)93)121-72-52(45-108-130(33,34)87(13,14)15)115-81(65(101)59(72)95)123-74-54(47-110-132(37,38)89(19,20)21)117-82(75(67(74)103)125-133(39,40)90(22,23)24)124-73-53(46-109-131(35,36)88(16,17)18)116-80(66(102)60(73)96)122-71-51(44-107-129(31,32)86(10,11)12)114-78(64(100)58(71)94)120-69-49(42-105-127(27,28)84(4,5)6)112-76(118-68)62(98)56(69)92/h48-82,91-103H,41-47H2,1-40H3/t48-,49-,50+,51-,52+,53-,54+,55-,56+,57-,58+,59-,60+,61-,62+,63-,64-,65-,66-,67+,68-,69-,70-,71-,72-,73-,74-,75-,76-,77-,78-,79-,80-,81-,82-/m1/s1. The van der Waals surface area contributed by atoms with Gasteiger partial charge in [-0.1, -0.05) is 166 Å². The first-order valence-corrected chi connectivity index (χ1v) is 71.3. The molecule has 0 unspecified atom stereocenters. The Kier molecular flexibility index (Phi) is 38.4. The van der Waals surface area contributed by atoms with Gasteiger partial charge in [0.25, 0.3) is 0 Å². The van der Waals surface area contributed by atoms with Gasteiger partial charge in [-0.3, -0.25) is 0 Å². The summed E-state index contributed by atoms with van der Waals surface area (Å²) in [5, 5.41) is 165. The lowest BCUT2D eigenvalue weighted by Crippen LogP contribution is -2.69. The fourth-order valence-electron chi connectivity index (χ4n) is 14.5. The fraction of sp³-hybridized carbons (Fsp3) is 1.00. The van der Waals surface area contributed by atoms with E-state index >= 15 is 0 Å². The van der Waals surface area contributed by atoms with Crippen LogP contribution in [-0.2, 0) is 102 Å². The van der Waals surface area contributed by atoms with Gasteiger partial charge in [0.15, 0.2) is 111 Å². The lowest BCUT2D eigenvalue weighted by atomic mass is 9.95. The molecule has 21 fully saturated rings. The molecule has 21 rings (SSSR count).